The molecule has 3 rings (SSSR count). The number of benzene rings is 2. The Morgan fingerprint density at radius 1 is 1.08 bits per heavy atom. The van der Waals surface area contributed by atoms with E-state index in [1.165, 1.54) is 13.2 Å². The number of fused-ring (bicyclic) bond motifs is 1. The molecule has 0 saturated heterocycles. The first-order valence-electron chi connectivity index (χ1n) is 7.62. The van der Waals surface area contributed by atoms with Crippen molar-refractivity contribution < 1.29 is 18.7 Å². The predicted octanol–water partition coefficient (Wildman–Crippen LogP) is 3.05. The molecule has 0 fully saturated rings. The lowest BCUT2D eigenvalue weighted by Gasteiger charge is -2.07. The van der Waals surface area contributed by atoms with E-state index in [1.807, 2.05) is 12.1 Å². The van der Waals surface area contributed by atoms with E-state index in [-0.39, 0.29) is 17.9 Å². The molecule has 1 N–H and O–H groups in total. The first kappa shape index (κ1) is 16.7. The number of rotatable bonds is 5. The molecule has 0 saturated carbocycles. The molecular weight excluding hydrogens is 322 g/mol. The minimum atomic E-state index is -0.291. The van der Waals surface area contributed by atoms with E-state index in [9.17, 15) is 9.59 Å². The van der Waals surface area contributed by atoms with Gasteiger partial charge in [-0.2, -0.15) is 0 Å². The Hall–Kier alpha value is -3.12. The second-order valence-electron chi connectivity index (χ2n) is 5.40. The second kappa shape index (κ2) is 7.19. The van der Waals surface area contributed by atoms with Crippen LogP contribution in [0, 0.1) is 0 Å². The summed E-state index contributed by atoms with van der Waals surface area (Å²) in [5.74, 6) is 0.903. The van der Waals surface area contributed by atoms with Crippen LogP contribution in [0.15, 0.2) is 57.7 Å². The highest BCUT2D eigenvalue weighted by Gasteiger charge is 2.09. The van der Waals surface area contributed by atoms with Gasteiger partial charge in [0.1, 0.15) is 23.7 Å². The highest BCUT2D eigenvalue weighted by atomic mass is 16.5. The van der Waals surface area contributed by atoms with Crippen LogP contribution in [0.4, 0.5) is 5.69 Å². The molecule has 0 spiro atoms. The zero-order chi connectivity index (χ0) is 17.8. The standard InChI is InChI=1S/C19H17NO5/c1-23-11-19(22)20-13-5-8-17-15(9-13)16(21)10-18(25-17)12-3-6-14(24-2)7-4-12/h3-10H,11H2,1-2H3,(H,20,22). The van der Waals surface area contributed by atoms with Gasteiger partial charge in [0.25, 0.3) is 0 Å². The Labute approximate surface area is 144 Å². The van der Waals surface area contributed by atoms with Crippen LogP contribution in [0.5, 0.6) is 5.75 Å². The molecule has 0 unspecified atom stereocenters. The van der Waals surface area contributed by atoms with Gasteiger partial charge < -0.3 is 19.2 Å². The SMILES string of the molecule is COCC(=O)Nc1ccc2oc(-c3ccc(OC)cc3)cc(=O)c2c1. The van der Waals surface area contributed by atoms with E-state index in [0.717, 1.165) is 11.3 Å². The third-order valence-electron chi connectivity index (χ3n) is 3.66. The summed E-state index contributed by atoms with van der Waals surface area (Å²) >= 11 is 0. The number of carbonyl (C=O) groups excluding carboxylic acids is 1. The minimum Gasteiger partial charge on any atom is -0.497 e. The molecule has 25 heavy (non-hydrogen) atoms. The lowest BCUT2D eigenvalue weighted by atomic mass is 10.1. The summed E-state index contributed by atoms with van der Waals surface area (Å²) < 4.78 is 15.7. The number of ether oxygens (including phenoxy) is 2. The van der Waals surface area contributed by atoms with Gasteiger partial charge in [-0.15, -0.1) is 0 Å². The zero-order valence-corrected chi connectivity index (χ0v) is 13.9. The number of methoxy groups -OCH3 is 2. The highest BCUT2D eigenvalue weighted by Crippen LogP contribution is 2.25. The van der Waals surface area contributed by atoms with Gasteiger partial charge in [0.15, 0.2) is 5.43 Å². The lowest BCUT2D eigenvalue weighted by Crippen LogP contribution is -2.17. The van der Waals surface area contributed by atoms with Crippen molar-refractivity contribution in [3.63, 3.8) is 0 Å². The molecule has 0 aliphatic rings. The Morgan fingerprint density at radius 2 is 1.84 bits per heavy atom. The molecule has 6 heteroatoms. The van der Waals surface area contributed by atoms with Crippen LogP contribution in [0.1, 0.15) is 0 Å². The summed E-state index contributed by atoms with van der Waals surface area (Å²) in [5.41, 5.74) is 1.55. The molecule has 0 aliphatic carbocycles. The summed E-state index contributed by atoms with van der Waals surface area (Å²) in [6, 6.07) is 13.6. The number of anilines is 1. The van der Waals surface area contributed by atoms with Gasteiger partial charge in [0.2, 0.25) is 5.91 Å². The summed E-state index contributed by atoms with van der Waals surface area (Å²) in [6.45, 7) is -0.0525. The van der Waals surface area contributed by atoms with Crippen molar-refractivity contribution in [2.45, 2.75) is 0 Å². The van der Waals surface area contributed by atoms with E-state index >= 15 is 0 Å². The first-order chi connectivity index (χ1) is 12.1. The molecule has 0 radical (unpaired) electrons. The fourth-order valence-corrected chi connectivity index (χ4v) is 2.46. The monoisotopic (exact) mass is 339 g/mol. The van der Waals surface area contributed by atoms with Crippen LogP contribution >= 0.6 is 0 Å². The predicted molar refractivity (Wildman–Crippen MR) is 95.0 cm³/mol. The average Bonchev–Trinajstić information content (AvgIpc) is 2.62. The van der Waals surface area contributed by atoms with Gasteiger partial charge in [-0.05, 0) is 42.5 Å². The van der Waals surface area contributed by atoms with Crippen molar-refractivity contribution in [2.75, 3.05) is 26.1 Å². The van der Waals surface area contributed by atoms with Crippen molar-refractivity contribution >= 4 is 22.6 Å². The summed E-state index contributed by atoms with van der Waals surface area (Å²) in [4.78, 5) is 24.0. The minimum absolute atomic E-state index is 0.0525. The Kier molecular flexibility index (Phi) is 4.81. The van der Waals surface area contributed by atoms with Gasteiger partial charge in [-0.1, -0.05) is 0 Å². The van der Waals surface area contributed by atoms with Crippen molar-refractivity contribution in [3.05, 3.63) is 58.8 Å². The number of hydrogen-bond donors (Lipinski definition) is 1. The number of amides is 1. The second-order valence-corrected chi connectivity index (χ2v) is 5.40. The van der Waals surface area contributed by atoms with Crippen molar-refractivity contribution in [1.29, 1.82) is 0 Å². The van der Waals surface area contributed by atoms with Crippen LogP contribution in [-0.4, -0.2) is 26.7 Å². The molecule has 0 bridgehead atoms. The normalized spacial score (nSPS) is 10.6. The van der Waals surface area contributed by atoms with Crippen LogP contribution in [0.3, 0.4) is 0 Å². The van der Waals surface area contributed by atoms with Crippen LogP contribution in [0.2, 0.25) is 0 Å². The first-order valence-corrected chi connectivity index (χ1v) is 7.62. The fourth-order valence-electron chi connectivity index (χ4n) is 2.46. The molecule has 3 aromatic rings. The van der Waals surface area contributed by atoms with Crippen LogP contribution < -0.4 is 15.5 Å². The summed E-state index contributed by atoms with van der Waals surface area (Å²) in [7, 11) is 3.03. The van der Waals surface area contributed by atoms with Gasteiger partial charge >= 0.3 is 0 Å². The van der Waals surface area contributed by atoms with E-state index in [2.05, 4.69) is 5.32 Å². The quantitative estimate of drug-likeness (QED) is 0.773. The van der Waals surface area contributed by atoms with E-state index in [4.69, 9.17) is 13.9 Å². The van der Waals surface area contributed by atoms with Gasteiger partial charge in [0, 0.05) is 24.4 Å². The van der Waals surface area contributed by atoms with Gasteiger partial charge in [-0.25, -0.2) is 0 Å². The van der Waals surface area contributed by atoms with Crippen molar-refractivity contribution in [3.8, 4) is 17.1 Å². The molecule has 0 atom stereocenters. The largest absolute Gasteiger partial charge is 0.497 e. The van der Waals surface area contributed by atoms with Crippen molar-refractivity contribution in [1.82, 2.24) is 0 Å². The molecule has 1 aromatic heterocycles. The van der Waals surface area contributed by atoms with E-state index < -0.39 is 0 Å². The number of hydrogen-bond acceptors (Lipinski definition) is 5. The Bertz CT molecular complexity index is 960. The van der Waals surface area contributed by atoms with Crippen molar-refractivity contribution in [2.24, 2.45) is 0 Å². The average molecular weight is 339 g/mol. The molecule has 128 valence electrons. The maximum absolute atomic E-state index is 12.4. The van der Waals surface area contributed by atoms with E-state index in [0.29, 0.717) is 22.4 Å². The number of carbonyl (C=O) groups is 1. The molecule has 1 heterocycles. The maximum atomic E-state index is 12.4. The lowest BCUT2D eigenvalue weighted by molar-refractivity contribution is -0.119. The molecule has 1 amide bonds. The highest BCUT2D eigenvalue weighted by molar-refractivity contribution is 5.94. The fraction of sp³-hybridized carbons (Fsp3) is 0.158. The third-order valence-corrected chi connectivity index (χ3v) is 3.66. The van der Waals surface area contributed by atoms with Gasteiger partial charge in [0.05, 0.1) is 12.5 Å². The molecule has 6 nitrogen and oxygen atoms in total. The van der Waals surface area contributed by atoms with Crippen LogP contribution in [-0.2, 0) is 9.53 Å². The number of nitrogens with one attached hydrogen (secondary N) is 1. The van der Waals surface area contributed by atoms with Crippen LogP contribution in [0.25, 0.3) is 22.3 Å². The third kappa shape index (κ3) is 3.70. The smallest absolute Gasteiger partial charge is 0.250 e. The maximum Gasteiger partial charge on any atom is 0.250 e. The topological polar surface area (TPSA) is 77.8 Å². The molecule has 0 aliphatic heterocycles. The Balaban J connectivity index is 1.96. The zero-order valence-electron chi connectivity index (χ0n) is 13.9. The van der Waals surface area contributed by atoms with E-state index in [1.54, 1.807) is 37.4 Å². The summed E-state index contributed by atoms with van der Waals surface area (Å²) in [6.07, 6.45) is 0. The van der Waals surface area contributed by atoms with Gasteiger partial charge in [-0.3, -0.25) is 9.59 Å². The Morgan fingerprint density at radius 3 is 2.52 bits per heavy atom. The summed E-state index contributed by atoms with van der Waals surface area (Å²) in [5, 5.41) is 3.06. The molecule has 2 aromatic carbocycles. The molecular formula is C19H17NO5.